The lowest BCUT2D eigenvalue weighted by Gasteiger charge is -2.32. The van der Waals surface area contributed by atoms with E-state index in [2.05, 4.69) is 23.9 Å². The first-order valence-electron chi connectivity index (χ1n) is 6.77. The topological polar surface area (TPSA) is 61.4 Å². The summed E-state index contributed by atoms with van der Waals surface area (Å²) in [6.07, 6.45) is 3.02. The largest absolute Gasteiger partial charge is 0.319 e. The maximum Gasteiger partial charge on any atom is 0.279 e. The summed E-state index contributed by atoms with van der Waals surface area (Å²) in [5.41, 5.74) is 0.132. The highest BCUT2D eigenvalue weighted by atomic mass is 32.2. The summed E-state index contributed by atoms with van der Waals surface area (Å²) < 4.78 is 29.0. The highest BCUT2D eigenvalue weighted by Gasteiger charge is 2.48. The minimum atomic E-state index is -3.29. The molecule has 5 nitrogen and oxygen atoms in total. The van der Waals surface area contributed by atoms with Crippen LogP contribution in [0.1, 0.15) is 33.1 Å². The van der Waals surface area contributed by atoms with Crippen LogP contribution in [-0.2, 0) is 10.2 Å². The van der Waals surface area contributed by atoms with E-state index in [0.717, 1.165) is 25.8 Å². The molecule has 18 heavy (non-hydrogen) atoms. The summed E-state index contributed by atoms with van der Waals surface area (Å²) in [6, 6.07) is 0.118. The number of nitrogens with one attached hydrogen (secondary N) is 2. The number of hydrogen-bond acceptors (Lipinski definition) is 3. The summed E-state index contributed by atoms with van der Waals surface area (Å²) in [7, 11) is -1.37. The molecule has 1 heterocycles. The molecule has 106 valence electrons. The number of rotatable bonds is 5. The molecule has 1 aliphatic carbocycles. The number of nitrogens with zero attached hydrogens (tertiary/aromatic N) is 1. The van der Waals surface area contributed by atoms with Gasteiger partial charge in [-0.3, -0.25) is 0 Å². The van der Waals surface area contributed by atoms with Crippen molar-refractivity contribution in [3.8, 4) is 0 Å². The predicted molar refractivity (Wildman–Crippen MR) is 72.5 cm³/mol. The van der Waals surface area contributed by atoms with E-state index in [9.17, 15) is 8.42 Å². The third-order valence-electron chi connectivity index (χ3n) is 4.12. The van der Waals surface area contributed by atoms with Gasteiger partial charge in [0.05, 0.1) is 0 Å². The summed E-state index contributed by atoms with van der Waals surface area (Å²) in [5, 5.41) is 3.13. The predicted octanol–water partition coefficient (Wildman–Crippen LogP) is 0.551. The van der Waals surface area contributed by atoms with E-state index in [0.29, 0.717) is 19.0 Å². The molecule has 2 N–H and O–H groups in total. The molecule has 0 aromatic carbocycles. The lowest BCUT2D eigenvalue weighted by atomic mass is 10.00. The summed E-state index contributed by atoms with van der Waals surface area (Å²) >= 11 is 0. The molecule has 1 saturated carbocycles. The standard InChI is InChI=1S/C12H25N3O2S/c1-12(2)7-11(12)14-18(16,17)15-6-4-5-10(9-15)8-13-3/h10-11,13-14H,4-9H2,1-3H3. The van der Waals surface area contributed by atoms with Gasteiger partial charge in [-0.25, -0.2) is 0 Å². The number of hydrogen-bond donors (Lipinski definition) is 2. The molecule has 2 atom stereocenters. The van der Waals surface area contributed by atoms with Crippen molar-refractivity contribution in [3.05, 3.63) is 0 Å². The smallest absolute Gasteiger partial charge is 0.279 e. The van der Waals surface area contributed by atoms with Crippen LogP contribution in [0.2, 0.25) is 0 Å². The van der Waals surface area contributed by atoms with Crippen molar-refractivity contribution in [2.45, 2.75) is 39.2 Å². The maximum atomic E-state index is 12.3. The van der Waals surface area contributed by atoms with Crippen LogP contribution in [0.25, 0.3) is 0 Å². The van der Waals surface area contributed by atoms with Crippen LogP contribution >= 0.6 is 0 Å². The van der Waals surface area contributed by atoms with Gasteiger partial charge in [-0.05, 0) is 44.2 Å². The Morgan fingerprint density at radius 3 is 2.61 bits per heavy atom. The number of piperidine rings is 1. The van der Waals surface area contributed by atoms with Crippen molar-refractivity contribution in [1.82, 2.24) is 14.3 Å². The first-order valence-corrected chi connectivity index (χ1v) is 8.21. The van der Waals surface area contributed by atoms with Gasteiger partial charge in [0.25, 0.3) is 10.2 Å². The Hall–Kier alpha value is -0.170. The Morgan fingerprint density at radius 1 is 1.39 bits per heavy atom. The van der Waals surface area contributed by atoms with Gasteiger partial charge in [0, 0.05) is 19.1 Å². The first kappa shape index (κ1) is 14.2. The molecule has 0 bridgehead atoms. The molecule has 0 radical (unpaired) electrons. The molecule has 1 aliphatic heterocycles. The van der Waals surface area contributed by atoms with Crippen molar-refractivity contribution in [1.29, 1.82) is 0 Å². The minimum absolute atomic E-state index is 0.118. The molecular formula is C12H25N3O2S. The van der Waals surface area contributed by atoms with Gasteiger partial charge in [0.1, 0.15) is 0 Å². The first-order chi connectivity index (χ1) is 8.35. The Balaban J connectivity index is 1.93. The van der Waals surface area contributed by atoms with Gasteiger partial charge >= 0.3 is 0 Å². The molecule has 0 amide bonds. The van der Waals surface area contributed by atoms with Gasteiger partial charge in [-0.15, -0.1) is 0 Å². The second-order valence-electron chi connectivity index (χ2n) is 6.29. The SMILES string of the molecule is CNCC1CCCN(S(=O)(=O)NC2CC2(C)C)C1. The molecular weight excluding hydrogens is 250 g/mol. The molecule has 1 saturated heterocycles. The highest BCUT2D eigenvalue weighted by Crippen LogP contribution is 2.45. The third kappa shape index (κ3) is 3.23. The van der Waals surface area contributed by atoms with Crippen LogP contribution in [0.4, 0.5) is 0 Å². The van der Waals surface area contributed by atoms with Crippen molar-refractivity contribution in [2.24, 2.45) is 11.3 Å². The quantitative estimate of drug-likeness (QED) is 0.770. The molecule has 0 aromatic rings. The van der Waals surface area contributed by atoms with Crippen LogP contribution in [0, 0.1) is 11.3 Å². The van der Waals surface area contributed by atoms with E-state index in [1.807, 2.05) is 7.05 Å². The monoisotopic (exact) mass is 275 g/mol. The zero-order valence-electron chi connectivity index (χ0n) is 11.6. The van der Waals surface area contributed by atoms with E-state index in [1.54, 1.807) is 4.31 Å². The summed E-state index contributed by atoms with van der Waals surface area (Å²) in [5.74, 6) is 0.438. The molecule has 2 rings (SSSR count). The average Bonchev–Trinajstić information content (AvgIpc) is 2.86. The van der Waals surface area contributed by atoms with Crippen molar-refractivity contribution in [3.63, 3.8) is 0 Å². The molecule has 0 aromatic heterocycles. The molecule has 6 heteroatoms. The van der Waals surface area contributed by atoms with E-state index >= 15 is 0 Å². The lowest BCUT2D eigenvalue weighted by molar-refractivity contribution is 0.260. The van der Waals surface area contributed by atoms with Crippen LogP contribution in [0.5, 0.6) is 0 Å². The maximum absolute atomic E-state index is 12.3. The van der Waals surface area contributed by atoms with Gasteiger partial charge < -0.3 is 5.32 Å². The Morgan fingerprint density at radius 2 is 2.06 bits per heavy atom. The molecule has 0 spiro atoms. The second-order valence-corrected chi connectivity index (χ2v) is 7.99. The van der Waals surface area contributed by atoms with Crippen LogP contribution in [0.15, 0.2) is 0 Å². The Bertz CT molecular complexity index is 392. The van der Waals surface area contributed by atoms with Crippen LogP contribution in [-0.4, -0.2) is 45.4 Å². The van der Waals surface area contributed by atoms with Gasteiger partial charge in [0.2, 0.25) is 0 Å². The zero-order valence-corrected chi connectivity index (χ0v) is 12.4. The third-order valence-corrected chi connectivity index (χ3v) is 5.71. The van der Waals surface area contributed by atoms with E-state index in [-0.39, 0.29) is 11.5 Å². The van der Waals surface area contributed by atoms with E-state index in [1.165, 1.54) is 0 Å². The minimum Gasteiger partial charge on any atom is -0.319 e. The average molecular weight is 275 g/mol. The van der Waals surface area contributed by atoms with Gasteiger partial charge in [0.15, 0.2) is 0 Å². The molecule has 2 fully saturated rings. The fourth-order valence-electron chi connectivity index (χ4n) is 2.62. The fourth-order valence-corrected chi connectivity index (χ4v) is 4.31. The van der Waals surface area contributed by atoms with Gasteiger partial charge in [-0.1, -0.05) is 13.8 Å². The lowest BCUT2D eigenvalue weighted by Crippen LogP contribution is -2.48. The summed E-state index contributed by atoms with van der Waals surface area (Å²) in [6.45, 7) is 6.38. The van der Waals surface area contributed by atoms with Crippen LogP contribution < -0.4 is 10.0 Å². The summed E-state index contributed by atoms with van der Waals surface area (Å²) in [4.78, 5) is 0. The zero-order chi connectivity index (χ0) is 13.4. The van der Waals surface area contributed by atoms with Crippen molar-refractivity contribution < 1.29 is 8.42 Å². The molecule has 2 unspecified atom stereocenters. The highest BCUT2D eigenvalue weighted by molar-refractivity contribution is 7.87. The Kier molecular flexibility index (Phi) is 4.02. The fraction of sp³-hybridized carbons (Fsp3) is 1.00. The van der Waals surface area contributed by atoms with E-state index < -0.39 is 10.2 Å². The second kappa shape index (κ2) is 5.07. The Labute approximate surface area is 110 Å². The molecule has 2 aliphatic rings. The van der Waals surface area contributed by atoms with E-state index in [4.69, 9.17) is 0 Å². The normalized spacial score (nSPS) is 32.4. The van der Waals surface area contributed by atoms with Crippen molar-refractivity contribution in [2.75, 3.05) is 26.7 Å². The van der Waals surface area contributed by atoms with Gasteiger partial charge in [-0.2, -0.15) is 17.4 Å². The van der Waals surface area contributed by atoms with Crippen molar-refractivity contribution >= 4 is 10.2 Å². The van der Waals surface area contributed by atoms with Crippen LogP contribution in [0.3, 0.4) is 0 Å².